The van der Waals surface area contributed by atoms with Gasteiger partial charge in [-0.1, -0.05) is 11.8 Å². The number of benzene rings is 1. The SMILES string of the molecule is COc1ccc(-c2cn3c(=O)c4nc(SC)n(CCO)c4nc3[nH]2)cc1. The van der Waals surface area contributed by atoms with Gasteiger partial charge in [0.05, 0.1) is 19.4 Å². The number of rotatable bonds is 5. The number of aliphatic hydroxyl groups is 1. The molecule has 0 saturated heterocycles. The first-order chi connectivity index (χ1) is 12.7. The van der Waals surface area contributed by atoms with Crippen molar-refractivity contribution in [3.05, 3.63) is 40.8 Å². The third-order valence-electron chi connectivity index (χ3n) is 4.18. The standard InChI is InChI=1S/C17H17N5O3S/c1-25-11-5-3-10(4-6-11)12-9-22-15(24)13-14(20-16(22)18-12)21(7-8-23)17(19-13)26-2/h3-6,9,23H,7-8H2,1-2H3,(H,18,20). The molecule has 0 radical (unpaired) electrons. The van der Waals surface area contributed by atoms with Crippen LogP contribution in [0.15, 0.2) is 40.4 Å². The molecule has 1 aromatic carbocycles. The normalized spacial score (nSPS) is 11.5. The molecule has 0 amide bonds. The highest BCUT2D eigenvalue weighted by Gasteiger charge is 2.17. The van der Waals surface area contributed by atoms with Crippen molar-refractivity contribution < 1.29 is 9.84 Å². The number of imidazole rings is 2. The van der Waals surface area contributed by atoms with Crippen LogP contribution < -0.4 is 10.3 Å². The van der Waals surface area contributed by atoms with Gasteiger partial charge >= 0.3 is 0 Å². The summed E-state index contributed by atoms with van der Waals surface area (Å²) in [5.74, 6) is 1.19. The minimum atomic E-state index is -0.243. The monoisotopic (exact) mass is 371 g/mol. The Morgan fingerprint density at radius 1 is 1.27 bits per heavy atom. The summed E-state index contributed by atoms with van der Waals surface area (Å²) < 4.78 is 8.39. The van der Waals surface area contributed by atoms with Gasteiger partial charge in [0.2, 0.25) is 5.78 Å². The van der Waals surface area contributed by atoms with Gasteiger partial charge < -0.3 is 19.4 Å². The average molecular weight is 371 g/mol. The maximum Gasteiger partial charge on any atom is 0.287 e. The zero-order chi connectivity index (χ0) is 18.3. The summed E-state index contributed by atoms with van der Waals surface area (Å²) in [6.45, 7) is 0.281. The van der Waals surface area contributed by atoms with Crippen molar-refractivity contribution in [1.29, 1.82) is 0 Å². The van der Waals surface area contributed by atoms with Gasteiger partial charge in [-0.2, -0.15) is 4.98 Å². The van der Waals surface area contributed by atoms with Crippen LogP contribution in [-0.4, -0.2) is 49.0 Å². The highest BCUT2D eigenvalue weighted by molar-refractivity contribution is 7.98. The van der Waals surface area contributed by atoms with E-state index in [-0.39, 0.29) is 12.2 Å². The van der Waals surface area contributed by atoms with Crippen LogP contribution >= 0.6 is 11.8 Å². The van der Waals surface area contributed by atoms with Crippen LogP contribution in [0.2, 0.25) is 0 Å². The van der Waals surface area contributed by atoms with Gasteiger partial charge in [-0.3, -0.25) is 4.79 Å². The Kier molecular flexibility index (Phi) is 4.17. The number of thioether (sulfide) groups is 1. The maximum absolute atomic E-state index is 12.9. The second-order valence-electron chi connectivity index (χ2n) is 5.65. The van der Waals surface area contributed by atoms with Crippen molar-refractivity contribution >= 4 is 28.7 Å². The first-order valence-electron chi connectivity index (χ1n) is 7.97. The molecule has 0 aliphatic rings. The summed E-state index contributed by atoms with van der Waals surface area (Å²) in [4.78, 5) is 25.0. The highest BCUT2D eigenvalue weighted by Crippen LogP contribution is 2.23. The molecule has 3 heterocycles. The molecular formula is C17H17N5O3S. The lowest BCUT2D eigenvalue weighted by molar-refractivity contribution is 0.273. The lowest BCUT2D eigenvalue weighted by atomic mass is 10.2. The molecule has 0 aliphatic carbocycles. The molecule has 9 heteroatoms. The summed E-state index contributed by atoms with van der Waals surface area (Å²) in [5.41, 5.74) is 2.20. The van der Waals surface area contributed by atoms with Crippen LogP contribution in [0.25, 0.3) is 28.2 Å². The molecule has 0 saturated carbocycles. The van der Waals surface area contributed by atoms with E-state index >= 15 is 0 Å². The first-order valence-corrected chi connectivity index (χ1v) is 9.19. The van der Waals surface area contributed by atoms with Gasteiger partial charge in [0, 0.05) is 12.7 Å². The zero-order valence-electron chi connectivity index (χ0n) is 14.3. The molecule has 8 nitrogen and oxygen atoms in total. The number of aromatic amines is 1. The smallest absolute Gasteiger partial charge is 0.287 e. The van der Waals surface area contributed by atoms with Crippen LogP contribution in [0.1, 0.15) is 0 Å². The van der Waals surface area contributed by atoms with Crippen molar-refractivity contribution in [2.45, 2.75) is 11.7 Å². The van der Waals surface area contributed by atoms with E-state index < -0.39 is 0 Å². The first kappa shape index (κ1) is 16.7. The van der Waals surface area contributed by atoms with Crippen LogP contribution in [0.3, 0.4) is 0 Å². The van der Waals surface area contributed by atoms with Gasteiger partial charge in [0.1, 0.15) is 5.75 Å². The van der Waals surface area contributed by atoms with E-state index in [0.29, 0.717) is 28.6 Å². The van der Waals surface area contributed by atoms with Crippen LogP contribution in [0, 0.1) is 0 Å². The number of aliphatic hydroxyl groups excluding tert-OH is 1. The number of aromatic nitrogens is 5. The number of nitrogens with zero attached hydrogens (tertiary/aromatic N) is 4. The van der Waals surface area contributed by atoms with Gasteiger partial charge in [-0.15, -0.1) is 0 Å². The molecule has 2 N–H and O–H groups in total. The van der Waals surface area contributed by atoms with E-state index in [1.165, 1.54) is 16.2 Å². The second-order valence-corrected chi connectivity index (χ2v) is 6.43. The fourth-order valence-corrected chi connectivity index (χ4v) is 3.49. The summed E-state index contributed by atoms with van der Waals surface area (Å²) >= 11 is 1.41. The van der Waals surface area contributed by atoms with Crippen LogP contribution in [-0.2, 0) is 6.54 Å². The number of H-pyrrole nitrogens is 1. The molecule has 134 valence electrons. The molecule has 0 aliphatic heterocycles. The van der Waals surface area contributed by atoms with Crippen molar-refractivity contribution in [3.8, 4) is 17.0 Å². The molecular weight excluding hydrogens is 354 g/mol. The third kappa shape index (κ3) is 2.56. The van der Waals surface area contributed by atoms with Crippen LogP contribution in [0.5, 0.6) is 5.75 Å². The Morgan fingerprint density at radius 2 is 2.04 bits per heavy atom. The maximum atomic E-state index is 12.9. The summed E-state index contributed by atoms with van der Waals surface area (Å²) in [6, 6.07) is 7.53. The molecule has 4 rings (SSSR count). The van der Waals surface area contributed by atoms with Gasteiger partial charge in [0.15, 0.2) is 16.3 Å². The van der Waals surface area contributed by atoms with Gasteiger partial charge in [0.25, 0.3) is 5.56 Å². The molecule has 0 unspecified atom stereocenters. The number of hydrogen-bond acceptors (Lipinski definition) is 6. The number of methoxy groups -OCH3 is 1. The minimum Gasteiger partial charge on any atom is -0.497 e. The quantitative estimate of drug-likeness (QED) is 0.519. The Bertz CT molecular complexity index is 1140. The van der Waals surface area contributed by atoms with Crippen molar-refractivity contribution in [1.82, 2.24) is 23.9 Å². The largest absolute Gasteiger partial charge is 0.497 e. The highest BCUT2D eigenvalue weighted by atomic mass is 32.2. The Morgan fingerprint density at radius 3 is 2.69 bits per heavy atom. The van der Waals surface area contributed by atoms with E-state index in [9.17, 15) is 9.90 Å². The fourth-order valence-electron chi connectivity index (χ4n) is 2.91. The molecule has 26 heavy (non-hydrogen) atoms. The van der Waals surface area contributed by atoms with E-state index in [1.54, 1.807) is 17.9 Å². The number of nitrogens with one attached hydrogen (secondary N) is 1. The van der Waals surface area contributed by atoms with Gasteiger partial charge in [-0.05, 0) is 36.1 Å². The van der Waals surface area contributed by atoms with Gasteiger partial charge in [-0.25, -0.2) is 9.38 Å². The predicted octanol–water partition coefficient (Wildman–Crippen LogP) is 1.76. The summed E-state index contributed by atoms with van der Waals surface area (Å²) in [5, 5.41) is 9.96. The summed E-state index contributed by atoms with van der Waals surface area (Å²) in [7, 11) is 1.62. The molecule has 0 bridgehead atoms. The predicted molar refractivity (Wildman–Crippen MR) is 100.0 cm³/mol. The van der Waals surface area contributed by atoms with E-state index in [4.69, 9.17) is 4.74 Å². The lowest BCUT2D eigenvalue weighted by Crippen LogP contribution is -2.14. The molecule has 0 atom stereocenters. The number of ether oxygens (including phenoxy) is 1. The second kappa shape index (κ2) is 6.50. The zero-order valence-corrected chi connectivity index (χ0v) is 15.1. The van der Waals surface area contributed by atoms with E-state index in [0.717, 1.165) is 17.0 Å². The number of hydrogen-bond donors (Lipinski definition) is 2. The van der Waals surface area contributed by atoms with Crippen molar-refractivity contribution in [3.63, 3.8) is 0 Å². The fraction of sp³-hybridized carbons (Fsp3) is 0.235. The third-order valence-corrected chi connectivity index (χ3v) is 4.86. The van der Waals surface area contributed by atoms with Crippen molar-refractivity contribution in [2.75, 3.05) is 20.0 Å². The molecule has 4 aromatic rings. The Hall–Kier alpha value is -2.78. The van der Waals surface area contributed by atoms with Crippen molar-refractivity contribution in [2.24, 2.45) is 0 Å². The van der Waals surface area contributed by atoms with E-state index in [1.807, 2.05) is 30.5 Å². The molecule has 0 spiro atoms. The van der Waals surface area contributed by atoms with Crippen LogP contribution in [0.4, 0.5) is 0 Å². The lowest BCUT2D eigenvalue weighted by Gasteiger charge is -2.03. The topological polar surface area (TPSA) is 97.4 Å². The Labute approximate surface area is 152 Å². The number of fused-ring (bicyclic) bond motifs is 2. The minimum absolute atomic E-state index is 0.0537. The Balaban J connectivity index is 1.91. The summed E-state index contributed by atoms with van der Waals surface area (Å²) in [6.07, 6.45) is 3.59. The molecule has 3 aromatic heterocycles. The van der Waals surface area contributed by atoms with E-state index in [2.05, 4.69) is 15.0 Å². The average Bonchev–Trinajstić information content (AvgIpc) is 3.25. The molecule has 0 fully saturated rings.